The van der Waals surface area contributed by atoms with Crippen LogP contribution in [0.15, 0.2) is 114 Å². The Morgan fingerprint density at radius 1 is 0.647 bits per heavy atom. The van der Waals surface area contributed by atoms with E-state index in [0.717, 1.165) is 60.5 Å². The van der Waals surface area contributed by atoms with Gasteiger partial charge < -0.3 is 20.0 Å². The number of benzene rings is 4. The molecular formula is C46H57ClN2O2. The maximum atomic E-state index is 11.9. The van der Waals surface area contributed by atoms with Crippen molar-refractivity contribution in [3.05, 3.63) is 153 Å². The molecule has 4 aromatic carbocycles. The van der Waals surface area contributed by atoms with Crippen molar-refractivity contribution in [3.63, 3.8) is 0 Å². The molecule has 270 valence electrons. The highest BCUT2D eigenvalue weighted by Crippen LogP contribution is 2.45. The van der Waals surface area contributed by atoms with Crippen LogP contribution in [0.4, 0.5) is 0 Å². The molecule has 4 unspecified atom stereocenters. The van der Waals surface area contributed by atoms with Gasteiger partial charge in [-0.3, -0.25) is 0 Å². The molecule has 2 saturated carbocycles. The zero-order valence-corrected chi connectivity index (χ0v) is 32.2. The van der Waals surface area contributed by atoms with Crippen molar-refractivity contribution in [1.82, 2.24) is 9.80 Å². The SMILES string of the molecule is CN(C)CC1CCC(=Cc2ccccc2)C1(O)Cc1cccc(Cl)c1.Cc1ccc(C)c(CC2(O)C(=Cc3ccccc3)CCC2CN(C)C)c1. The summed E-state index contributed by atoms with van der Waals surface area (Å²) in [7, 11) is 8.33. The molecule has 0 spiro atoms. The molecule has 0 bridgehead atoms. The Morgan fingerprint density at radius 2 is 1.16 bits per heavy atom. The third-order valence-corrected chi connectivity index (χ3v) is 11.0. The van der Waals surface area contributed by atoms with Gasteiger partial charge >= 0.3 is 0 Å². The molecule has 0 aliphatic heterocycles. The lowest BCUT2D eigenvalue weighted by Crippen LogP contribution is -2.42. The second-order valence-corrected chi connectivity index (χ2v) is 15.9. The zero-order chi connectivity index (χ0) is 36.6. The van der Waals surface area contributed by atoms with Crippen LogP contribution < -0.4 is 0 Å². The third-order valence-electron chi connectivity index (χ3n) is 10.8. The maximum absolute atomic E-state index is 11.9. The van der Waals surface area contributed by atoms with Gasteiger partial charge in [0.05, 0.1) is 11.2 Å². The van der Waals surface area contributed by atoms with Gasteiger partial charge in [-0.25, -0.2) is 0 Å². The second kappa shape index (κ2) is 17.3. The Hall–Kier alpha value is -3.51. The maximum Gasteiger partial charge on any atom is 0.0940 e. The van der Waals surface area contributed by atoms with Gasteiger partial charge in [-0.05, 0) is 119 Å². The minimum absolute atomic E-state index is 0.219. The second-order valence-electron chi connectivity index (χ2n) is 15.4. The highest BCUT2D eigenvalue weighted by atomic mass is 35.5. The molecule has 0 heterocycles. The summed E-state index contributed by atoms with van der Waals surface area (Å²) in [5, 5.41) is 24.3. The van der Waals surface area contributed by atoms with Crippen LogP contribution in [-0.4, -0.2) is 72.5 Å². The average Bonchev–Trinajstić information content (AvgIpc) is 3.53. The number of hydrogen-bond acceptors (Lipinski definition) is 4. The summed E-state index contributed by atoms with van der Waals surface area (Å²) in [6.45, 7) is 6.06. The number of aliphatic hydroxyl groups is 2. The highest BCUT2D eigenvalue weighted by Gasteiger charge is 2.46. The summed E-state index contributed by atoms with van der Waals surface area (Å²) in [6, 6.07) is 35.1. The Labute approximate surface area is 312 Å². The van der Waals surface area contributed by atoms with E-state index >= 15 is 0 Å². The van der Waals surface area contributed by atoms with Gasteiger partial charge in [0.1, 0.15) is 0 Å². The first-order chi connectivity index (χ1) is 24.4. The smallest absolute Gasteiger partial charge is 0.0940 e. The van der Waals surface area contributed by atoms with Crippen molar-refractivity contribution in [2.45, 2.75) is 63.6 Å². The van der Waals surface area contributed by atoms with Gasteiger partial charge in [0, 0.05) is 42.8 Å². The van der Waals surface area contributed by atoms with Crippen molar-refractivity contribution in [2.24, 2.45) is 11.8 Å². The molecule has 0 radical (unpaired) electrons. The van der Waals surface area contributed by atoms with E-state index in [-0.39, 0.29) is 11.8 Å². The molecule has 51 heavy (non-hydrogen) atoms. The van der Waals surface area contributed by atoms with E-state index in [1.54, 1.807) is 0 Å². The summed E-state index contributed by atoms with van der Waals surface area (Å²) in [5.41, 5.74) is 7.88. The van der Waals surface area contributed by atoms with Gasteiger partial charge in [0.2, 0.25) is 0 Å². The predicted molar refractivity (Wildman–Crippen MR) is 216 cm³/mol. The number of hydrogen-bond donors (Lipinski definition) is 2. The molecular weight excluding hydrogens is 648 g/mol. The lowest BCUT2D eigenvalue weighted by Gasteiger charge is -2.34. The Morgan fingerprint density at radius 3 is 1.65 bits per heavy atom. The van der Waals surface area contributed by atoms with Crippen molar-refractivity contribution >= 4 is 23.8 Å². The van der Waals surface area contributed by atoms with E-state index in [2.05, 4.69) is 125 Å². The molecule has 2 aliphatic rings. The first kappa shape index (κ1) is 38.7. The highest BCUT2D eigenvalue weighted by molar-refractivity contribution is 6.30. The fourth-order valence-corrected chi connectivity index (χ4v) is 8.32. The quantitative estimate of drug-likeness (QED) is 0.173. The van der Waals surface area contributed by atoms with Crippen LogP contribution in [0.3, 0.4) is 0 Å². The number of rotatable bonds is 10. The summed E-state index contributed by atoms with van der Waals surface area (Å²) in [5.74, 6) is 0.476. The zero-order valence-electron chi connectivity index (χ0n) is 31.4. The summed E-state index contributed by atoms with van der Waals surface area (Å²) < 4.78 is 0. The molecule has 2 fully saturated rings. The molecule has 2 aliphatic carbocycles. The van der Waals surface area contributed by atoms with Crippen LogP contribution in [0, 0.1) is 25.7 Å². The van der Waals surface area contributed by atoms with Crippen molar-refractivity contribution < 1.29 is 10.2 Å². The number of halogens is 1. The van der Waals surface area contributed by atoms with Crippen LogP contribution in [0.25, 0.3) is 12.2 Å². The van der Waals surface area contributed by atoms with Crippen LogP contribution >= 0.6 is 11.6 Å². The molecule has 6 rings (SSSR count). The minimum Gasteiger partial charge on any atom is -0.385 e. The van der Waals surface area contributed by atoms with Gasteiger partial charge in [-0.2, -0.15) is 0 Å². The first-order valence-corrected chi connectivity index (χ1v) is 18.8. The number of nitrogens with zero attached hydrogens (tertiary/aromatic N) is 2. The molecule has 2 N–H and O–H groups in total. The monoisotopic (exact) mass is 704 g/mol. The van der Waals surface area contributed by atoms with Gasteiger partial charge in [0.25, 0.3) is 0 Å². The van der Waals surface area contributed by atoms with Gasteiger partial charge in [0.15, 0.2) is 0 Å². The predicted octanol–water partition coefficient (Wildman–Crippen LogP) is 9.30. The van der Waals surface area contributed by atoms with Crippen molar-refractivity contribution in [1.29, 1.82) is 0 Å². The molecule has 0 aromatic heterocycles. The molecule has 0 amide bonds. The lowest BCUT2D eigenvalue weighted by atomic mass is 9.80. The van der Waals surface area contributed by atoms with Crippen LogP contribution in [0.5, 0.6) is 0 Å². The normalized spacial score (nSPS) is 24.8. The third kappa shape index (κ3) is 10.1. The van der Waals surface area contributed by atoms with E-state index in [1.165, 1.54) is 27.8 Å². The Balaban J connectivity index is 0.000000198. The van der Waals surface area contributed by atoms with Crippen LogP contribution in [-0.2, 0) is 12.8 Å². The standard InChI is InChI=1S/C24H31NO.C22H26ClNO/c1-18-10-11-19(2)21(14-18)16-24(26)22(12-13-23(24)17-25(3)4)15-20-8-6-5-7-9-20;1-24(2)16-20-12-11-19(13-17-7-4-3-5-8-17)22(20,25)15-18-9-6-10-21(23)14-18/h5-11,14-15,23,26H,12-13,16-17H2,1-4H3;3-10,13-14,20,25H,11-12,15-16H2,1-2H3. The molecule has 4 nitrogen and oxygen atoms in total. The van der Waals surface area contributed by atoms with Gasteiger partial charge in [-0.15, -0.1) is 0 Å². The lowest BCUT2D eigenvalue weighted by molar-refractivity contribution is 0.0253. The molecule has 4 aromatic rings. The summed E-state index contributed by atoms with van der Waals surface area (Å²) in [6.07, 6.45) is 9.62. The van der Waals surface area contributed by atoms with E-state index < -0.39 is 11.2 Å². The summed E-state index contributed by atoms with van der Waals surface area (Å²) >= 11 is 6.16. The average molecular weight is 705 g/mol. The summed E-state index contributed by atoms with van der Waals surface area (Å²) in [4.78, 5) is 4.36. The molecule has 0 saturated heterocycles. The van der Waals surface area contributed by atoms with Crippen LogP contribution in [0.2, 0.25) is 5.02 Å². The first-order valence-electron chi connectivity index (χ1n) is 18.4. The molecule has 4 atom stereocenters. The van der Waals surface area contributed by atoms with E-state index in [0.29, 0.717) is 12.8 Å². The number of aryl methyl sites for hydroxylation is 2. The van der Waals surface area contributed by atoms with E-state index in [9.17, 15) is 10.2 Å². The van der Waals surface area contributed by atoms with E-state index in [4.69, 9.17) is 11.6 Å². The minimum atomic E-state index is -0.829. The van der Waals surface area contributed by atoms with Crippen LogP contribution in [0.1, 0.15) is 59.1 Å². The fraction of sp³-hybridized carbons (Fsp3) is 0.391. The van der Waals surface area contributed by atoms with Crippen molar-refractivity contribution in [3.8, 4) is 0 Å². The Bertz CT molecular complexity index is 1780. The largest absolute Gasteiger partial charge is 0.385 e. The Kier molecular flexibility index (Phi) is 13.2. The van der Waals surface area contributed by atoms with Gasteiger partial charge in [-0.1, -0.05) is 120 Å². The van der Waals surface area contributed by atoms with E-state index in [1.807, 2.05) is 42.5 Å². The van der Waals surface area contributed by atoms with Crippen molar-refractivity contribution in [2.75, 3.05) is 41.3 Å². The topological polar surface area (TPSA) is 46.9 Å². The molecule has 5 heteroatoms. The fourth-order valence-electron chi connectivity index (χ4n) is 8.11.